The number of carbonyl (C=O) groups is 2. The molecule has 1 unspecified atom stereocenters. The highest BCUT2D eigenvalue weighted by molar-refractivity contribution is 5.95. The van der Waals surface area contributed by atoms with E-state index in [1.807, 2.05) is 38.1 Å². The van der Waals surface area contributed by atoms with E-state index >= 15 is 0 Å². The van der Waals surface area contributed by atoms with Crippen molar-refractivity contribution >= 4 is 17.6 Å². The summed E-state index contributed by atoms with van der Waals surface area (Å²) >= 11 is 0. The summed E-state index contributed by atoms with van der Waals surface area (Å²) in [7, 11) is 0. The quantitative estimate of drug-likeness (QED) is 0.769. The molecule has 0 heterocycles. The summed E-state index contributed by atoms with van der Waals surface area (Å²) in [6.45, 7) is 4.57. The molecule has 5 heteroatoms. The van der Waals surface area contributed by atoms with E-state index in [9.17, 15) is 9.59 Å². The monoisotopic (exact) mass is 292 g/mol. The van der Waals surface area contributed by atoms with Gasteiger partial charge < -0.3 is 15.7 Å². The summed E-state index contributed by atoms with van der Waals surface area (Å²) < 4.78 is 0. The third-order valence-electron chi connectivity index (χ3n) is 3.42. The Kier molecular flexibility index (Phi) is 6.88. The Morgan fingerprint density at radius 3 is 2.43 bits per heavy atom. The molecule has 0 bridgehead atoms. The number of nitrogens with zero attached hydrogens (tertiary/aromatic N) is 1. The van der Waals surface area contributed by atoms with Crippen LogP contribution in [0.5, 0.6) is 0 Å². The van der Waals surface area contributed by atoms with E-state index in [1.54, 1.807) is 4.90 Å². The molecule has 0 fully saturated rings. The van der Waals surface area contributed by atoms with Crippen molar-refractivity contribution in [3.63, 3.8) is 0 Å². The summed E-state index contributed by atoms with van der Waals surface area (Å²) in [4.78, 5) is 24.9. The van der Waals surface area contributed by atoms with E-state index in [-0.39, 0.29) is 24.8 Å². The Hall–Kier alpha value is -1.88. The molecule has 1 aromatic rings. The molecule has 1 rings (SSSR count). The first kappa shape index (κ1) is 17.2. The smallest absolute Gasteiger partial charge is 0.305 e. The predicted molar refractivity (Wildman–Crippen MR) is 83.2 cm³/mol. The van der Waals surface area contributed by atoms with Gasteiger partial charge >= 0.3 is 5.97 Å². The van der Waals surface area contributed by atoms with Crippen molar-refractivity contribution in [3.05, 3.63) is 29.8 Å². The van der Waals surface area contributed by atoms with Gasteiger partial charge in [-0.3, -0.25) is 9.59 Å². The zero-order valence-electron chi connectivity index (χ0n) is 12.7. The maximum Gasteiger partial charge on any atom is 0.305 e. The van der Waals surface area contributed by atoms with E-state index in [0.29, 0.717) is 13.0 Å². The number of amides is 1. The average Bonchev–Trinajstić information content (AvgIpc) is 2.46. The first-order chi connectivity index (χ1) is 9.95. The van der Waals surface area contributed by atoms with Crippen LogP contribution in [-0.2, 0) is 9.59 Å². The lowest BCUT2D eigenvalue weighted by atomic mass is 10.0. The first-order valence-corrected chi connectivity index (χ1v) is 7.25. The highest BCUT2D eigenvalue weighted by atomic mass is 16.4. The van der Waals surface area contributed by atoms with Gasteiger partial charge in [-0.25, -0.2) is 0 Å². The van der Waals surface area contributed by atoms with Gasteiger partial charge in [0.1, 0.15) is 0 Å². The van der Waals surface area contributed by atoms with Crippen molar-refractivity contribution in [3.8, 4) is 0 Å². The van der Waals surface area contributed by atoms with E-state index in [4.69, 9.17) is 10.8 Å². The molecule has 0 spiro atoms. The summed E-state index contributed by atoms with van der Waals surface area (Å²) in [5, 5.41) is 8.86. The Bertz CT molecular complexity index is 471. The Morgan fingerprint density at radius 1 is 1.29 bits per heavy atom. The van der Waals surface area contributed by atoms with E-state index < -0.39 is 5.97 Å². The Morgan fingerprint density at radius 2 is 1.90 bits per heavy atom. The fraction of sp³-hybridized carbons (Fsp3) is 0.500. The standard InChI is InChI=1S/C16H24N2O3/c1-12-5-7-14(8-6-12)18(11-9-15(19)20)16(21)13(2)4-3-10-17/h5-8,13H,3-4,9-11,17H2,1-2H3,(H,19,20). The molecule has 0 aliphatic carbocycles. The molecule has 1 atom stereocenters. The van der Waals surface area contributed by atoms with Crippen LogP contribution in [0.1, 0.15) is 31.7 Å². The van der Waals surface area contributed by atoms with Gasteiger partial charge in [0.05, 0.1) is 6.42 Å². The molecule has 3 N–H and O–H groups in total. The molecule has 0 saturated carbocycles. The number of aliphatic carboxylic acids is 1. The number of nitrogens with two attached hydrogens (primary N) is 1. The minimum atomic E-state index is -0.908. The molecule has 21 heavy (non-hydrogen) atoms. The number of aryl methyl sites for hydroxylation is 1. The topological polar surface area (TPSA) is 83.6 Å². The van der Waals surface area contributed by atoms with Crippen molar-refractivity contribution in [1.29, 1.82) is 0 Å². The van der Waals surface area contributed by atoms with Crippen LogP contribution in [0, 0.1) is 12.8 Å². The Balaban J connectivity index is 2.87. The van der Waals surface area contributed by atoms with Crippen LogP contribution in [0.2, 0.25) is 0 Å². The van der Waals surface area contributed by atoms with Gasteiger partial charge in [-0.15, -0.1) is 0 Å². The second-order valence-corrected chi connectivity index (χ2v) is 5.30. The molecule has 1 amide bonds. The number of carbonyl (C=O) groups excluding carboxylic acids is 1. The van der Waals surface area contributed by atoms with Gasteiger partial charge in [-0.2, -0.15) is 0 Å². The predicted octanol–water partition coefficient (Wildman–Crippen LogP) is 2.18. The fourth-order valence-electron chi connectivity index (χ4n) is 2.11. The van der Waals surface area contributed by atoms with Crippen LogP contribution in [0.25, 0.3) is 0 Å². The number of rotatable bonds is 8. The Labute approximate surface area is 125 Å². The number of anilines is 1. The molecule has 0 aromatic heterocycles. The SMILES string of the molecule is Cc1ccc(N(CCC(=O)O)C(=O)C(C)CCCN)cc1. The van der Waals surface area contributed by atoms with Crippen LogP contribution in [-0.4, -0.2) is 30.1 Å². The van der Waals surface area contributed by atoms with E-state index in [0.717, 1.165) is 17.7 Å². The number of carboxylic acid groups (broad SMARTS) is 1. The maximum atomic E-state index is 12.5. The van der Waals surface area contributed by atoms with Crippen molar-refractivity contribution in [1.82, 2.24) is 0 Å². The molecule has 5 nitrogen and oxygen atoms in total. The van der Waals surface area contributed by atoms with E-state index in [1.165, 1.54) is 0 Å². The zero-order chi connectivity index (χ0) is 15.8. The molecule has 1 aromatic carbocycles. The molecule has 0 aliphatic heterocycles. The second-order valence-electron chi connectivity index (χ2n) is 5.30. The van der Waals surface area contributed by atoms with Gasteiger partial charge in [0.2, 0.25) is 5.91 Å². The summed E-state index contributed by atoms with van der Waals surface area (Å²) in [6.07, 6.45) is 1.43. The molecule has 116 valence electrons. The van der Waals surface area contributed by atoms with Crippen molar-refractivity contribution in [2.24, 2.45) is 11.7 Å². The highest BCUT2D eigenvalue weighted by Gasteiger charge is 2.22. The van der Waals surface area contributed by atoms with Crippen LogP contribution in [0.4, 0.5) is 5.69 Å². The summed E-state index contributed by atoms with van der Waals surface area (Å²) in [6, 6.07) is 7.54. The maximum absolute atomic E-state index is 12.5. The van der Waals surface area contributed by atoms with Gasteiger partial charge in [-0.05, 0) is 38.4 Å². The summed E-state index contributed by atoms with van der Waals surface area (Å²) in [5.74, 6) is -1.12. The highest BCUT2D eigenvalue weighted by Crippen LogP contribution is 2.20. The molecule has 0 saturated heterocycles. The normalized spacial score (nSPS) is 12.0. The number of benzene rings is 1. The lowest BCUT2D eigenvalue weighted by Crippen LogP contribution is -2.37. The van der Waals surface area contributed by atoms with Crippen LogP contribution in [0.15, 0.2) is 24.3 Å². The lowest BCUT2D eigenvalue weighted by molar-refractivity contribution is -0.136. The van der Waals surface area contributed by atoms with Crippen molar-refractivity contribution in [2.75, 3.05) is 18.0 Å². The van der Waals surface area contributed by atoms with E-state index in [2.05, 4.69) is 0 Å². The third-order valence-corrected chi connectivity index (χ3v) is 3.42. The number of hydrogen-bond donors (Lipinski definition) is 2. The van der Waals surface area contributed by atoms with Crippen molar-refractivity contribution in [2.45, 2.75) is 33.1 Å². The van der Waals surface area contributed by atoms with Gasteiger partial charge in [0, 0.05) is 18.2 Å². The van der Waals surface area contributed by atoms with Crippen LogP contribution in [0.3, 0.4) is 0 Å². The number of carboxylic acids is 1. The molecule has 0 aliphatic rings. The average molecular weight is 292 g/mol. The summed E-state index contributed by atoms with van der Waals surface area (Å²) in [5.41, 5.74) is 7.32. The zero-order valence-corrected chi connectivity index (χ0v) is 12.7. The van der Waals surface area contributed by atoms with Crippen molar-refractivity contribution < 1.29 is 14.7 Å². The molecular weight excluding hydrogens is 268 g/mol. The molecular formula is C16H24N2O3. The van der Waals surface area contributed by atoms with Gasteiger partial charge in [-0.1, -0.05) is 24.6 Å². The van der Waals surface area contributed by atoms with Crippen LogP contribution < -0.4 is 10.6 Å². The fourth-order valence-corrected chi connectivity index (χ4v) is 2.11. The minimum Gasteiger partial charge on any atom is -0.481 e. The second kappa shape index (κ2) is 8.42. The third kappa shape index (κ3) is 5.55. The number of hydrogen-bond acceptors (Lipinski definition) is 3. The first-order valence-electron chi connectivity index (χ1n) is 7.25. The minimum absolute atomic E-state index is 0.0476. The van der Waals surface area contributed by atoms with Gasteiger partial charge in [0.15, 0.2) is 0 Å². The lowest BCUT2D eigenvalue weighted by Gasteiger charge is -2.25. The van der Waals surface area contributed by atoms with Crippen LogP contribution >= 0.6 is 0 Å². The van der Waals surface area contributed by atoms with Gasteiger partial charge in [0.25, 0.3) is 0 Å². The molecule has 0 radical (unpaired) electrons. The largest absolute Gasteiger partial charge is 0.481 e.